The number of likely N-dealkylation sites (N-methyl/N-ethyl adjacent to an activating group) is 1. The van der Waals surface area contributed by atoms with Gasteiger partial charge in [0.25, 0.3) is 0 Å². The van der Waals surface area contributed by atoms with Gasteiger partial charge in [0.2, 0.25) is 0 Å². The lowest BCUT2D eigenvalue weighted by atomic mass is 10.1. The van der Waals surface area contributed by atoms with Gasteiger partial charge >= 0.3 is 17.9 Å². The number of carboxylic acids is 1. The molecule has 0 amide bonds. The van der Waals surface area contributed by atoms with Gasteiger partial charge in [-0.15, -0.1) is 0 Å². The van der Waals surface area contributed by atoms with Gasteiger partial charge in [-0.3, -0.25) is 9.59 Å². The van der Waals surface area contributed by atoms with Crippen LogP contribution in [-0.2, 0) is 28.6 Å². The minimum absolute atomic E-state index is 0.0247. The van der Waals surface area contributed by atoms with Crippen molar-refractivity contribution in [1.29, 1.82) is 0 Å². The molecule has 0 heterocycles. The number of quaternary nitrogens is 1. The first-order valence-corrected chi connectivity index (χ1v) is 21.3. The molecular formula is C48H78NO7+. The van der Waals surface area contributed by atoms with Crippen LogP contribution in [0.15, 0.2) is 97.2 Å². The predicted molar refractivity (Wildman–Crippen MR) is 233 cm³/mol. The number of rotatable bonds is 36. The van der Waals surface area contributed by atoms with Crippen LogP contribution in [-0.4, -0.2) is 80.6 Å². The lowest BCUT2D eigenvalue weighted by molar-refractivity contribution is -0.887. The molecule has 56 heavy (non-hydrogen) atoms. The van der Waals surface area contributed by atoms with Gasteiger partial charge in [-0.05, 0) is 70.6 Å². The Labute approximate surface area is 341 Å². The lowest BCUT2D eigenvalue weighted by Crippen LogP contribution is -2.50. The SMILES string of the molecule is CC/C=C/C=C/C=C/C=C/CCCCCCCC(=O)OCC(COCCC(C(=O)O)[N+](C)(C)C)OC(=O)CCC/C=C/C/C=C/C/C=C/C/C=C/CCCCC. The number of allylic oxidation sites excluding steroid dienone is 16. The second kappa shape index (κ2) is 38.1. The zero-order valence-corrected chi connectivity index (χ0v) is 35.8. The first kappa shape index (κ1) is 52.2. The Morgan fingerprint density at radius 3 is 1.70 bits per heavy atom. The molecule has 0 aliphatic heterocycles. The number of carboxylic acid groups (broad SMARTS) is 1. The Balaban J connectivity index is 4.53. The number of carbonyl (C=O) groups is 3. The summed E-state index contributed by atoms with van der Waals surface area (Å²) >= 11 is 0. The predicted octanol–water partition coefficient (Wildman–Crippen LogP) is 11.5. The molecule has 0 aliphatic carbocycles. The number of carbonyl (C=O) groups excluding carboxylic acids is 2. The van der Waals surface area contributed by atoms with Gasteiger partial charge < -0.3 is 23.8 Å². The molecular weight excluding hydrogens is 703 g/mol. The summed E-state index contributed by atoms with van der Waals surface area (Å²) < 4.78 is 17.2. The van der Waals surface area contributed by atoms with E-state index in [1.807, 2.05) is 51.5 Å². The van der Waals surface area contributed by atoms with E-state index in [1.54, 1.807) is 0 Å². The van der Waals surface area contributed by atoms with Crippen LogP contribution in [0.4, 0.5) is 0 Å². The Kier molecular flexibility index (Phi) is 35.6. The highest BCUT2D eigenvalue weighted by molar-refractivity contribution is 5.72. The van der Waals surface area contributed by atoms with Crippen LogP contribution in [0.1, 0.15) is 136 Å². The topological polar surface area (TPSA) is 99.1 Å². The fraction of sp³-hybridized carbons (Fsp3) is 0.604. The Hall–Kier alpha value is -3.75. The lowest BCUT2D eigenvalue weighted by Gasteiger charge is -2.31. The molecule has 1 N–H and O–H groups in total. The van der Waals surface area contributed by atoms with E-state index in [4.69, 9.17) is 14.2 Å². The molecule has 0 aromatic rings. The average molecular weight is 781 g/mol. The molecule has 0 spiro atoms. The van der Waals surface area contributed by atoms with E-state index in [0.29, 0.717) is 19.3 Å². The van der Waals surface area contributed by atoms with Crippen LogP contribution in [0.2, 0.25) is 0 Å². The van der Waals surface area contributed by atoms with Crippen molar-refractivity contribution in [3.8, 4) is 0 Å². The third-order valence-corrected chi connectivity index (χ3v) is 8.81. The minimum atomic E-state index is -0.892. The summed E-state index contributed by atoms with van der Waals surface area (Å²) in [5.74, 6) is -1.59. The molecule has 0 aromatic carbocycles. The van der Waals surface area contributed by atoms with Gasteiger partial charge in [0.05, 0.1) is 34.4 Å². The maximum Gasteiger partial charge on any atom is 0.362 e. The molecule has 0 aliphatic rings. The number of hydrogen-bond donors (Lipinski definition) is 1. The van der Waals surface area contributed by atoms with Gasteiger partial charge in [0, 0.05) is 19.3 Å². The maximum absolute atomic E-state index is 12.7. The van der Waals surface area contributed by atoms with Crippen LogP contribution >= 0.6 is 0 Å². The van der Waals surface area contributed by atoms with Crippen molar-refractivity contribution in [2.24, 2.45) is 0 Å². The van der Waals surface area contributed by atoms with E-state index in [-0.39, 0.29) is 42.7 Å². The Morgan fingerprint density at radius 1 is 0.571 bits per heavy atom. The largest absolute Gasteiger partial charge is 0.477 e. The fourth-order valence-corrected chi connectivity index (χ4v) is 5.50. The molecule has 0 fully saturated rings. The van der Waals surface area contributed by atoms with Crippen molar-refractivity contribution < 1.29 is 38.2 Å². The van der Waals surface area contributed by atoms with E-state index in [1.165, 1.54) is 25.7 Å². The molecule has 0 aromatic heterocycles. The second-order valence-electron chi connectivity index (χ2n) is 15.0. The van der Waals surface area contributed by atoms with Crippen molar-refractivity contribution in [2.75, 3.05) is 41.0 Å². The first-order valence-electron chi connectivity index (χ1n) is 21.3. The quantitative estimate of drug-likeness (QED) is 0.0222. The summed E-state index contributed by atoms with van der Waals surface area (Å²) in [7, 11) is 5.48. The van der Waals surface area contributed by atoms with Crippen LogP contribution < -0.4 is 0 Å². The van der Waals surface area contributed by atoms with Crippen LogP contribution in [0.5, 0.6) is 0 Å². The summed E-state index contributed by atoms with van der Waals surface area (Å²) in [5.41, 5.74) is 0. The van der Waals surface area contributed by atoms with E-state index >= 15 is 0 Å². The number of esters is 2. The smallest absolute Gasteiger partial charge is 0.362 e. The summed E-state index contributed by atoms with van der Waals surface area (Å²) in [5, 5.41) is 9.61. The third kappa shape index (κ3) is 35.9. The van der Waals surface area contributed by atoms with Crippen molar-refractivity contribution in [2.45, 2.75) is 148 Å². The van der Waals surface area contributed by atoms with Crippen LogP contribution in [0.25, 0.3) is 0 Å². The third-order valence-electron chi connectivity index (χ3n) is 8.81. The molecule has 0 saturated heterocycles. The first-order chi connectivity index (χ1) is 27.1. The second-order valence-corrected chi connectivity index (χ2v) is 15.0. The number of unbranched alkanes of at least 4 members (excludes halogenated alkanes) is 9. The van der Waals surface area contributed by atoms with E-state index in [0.717, 1.165) is 70.6 Å². The zero-order valence-electron chi connectivity index (χ0n) is 35.8. The molecule has 8 nitrogen and oxygen atoms in total. The van der Waals surface area contributed by atoms with Gasteiger partial charge in [-0.1, -0.05) is 143 Å². The standard InChI is InChI=1S/C48H77NO7/c1-6-8-10-12-14-16-18-20-22-23-25-27-29-31-33-35-37-39-47(51)56-44(42-54-41-40-45(48(52)53)49(3,4)5)43-55-46(50)38-36-34-32-30-28-26-24-21-19-17-15-13-11-9-7-2/h9,11,13-17,19-22,24-25,27,31,33,44-45H,6-8,10,12,18,23,26,28-30,32,34-43H2,1-5H3/p+1/b11-9+,15-13+,16-14+,19-17+,22-20+,24-21+,27-25+,33-31+. The van der Waals surface area contributed by atoms with Crippen molar-refractivity contribution in [3.63, 3.8) is 0 Å². The number of hydrogen-bond acceptors (Lipinski definition) is 6. The highest BCUT2D eigenvalue weighted by Crippen LogP contribution is 2.11. The molecule has 8 heteroatoms. The molecule has 0 rings (SSSR count). The van der Waals surface area contributed by atoms with Crippen molar-refractivity contribution in [1.82, 2.24) is 0 Å². The van der Waals surface area contributed by atoms with E-state index in [9.17, 15) is 19.5 Å². The number of ether oxygens (including phenoxy) is 3. The van der Waals surface area contributed by atoms with Gasteiger partial charge in [0.1, 0.15) is 6.61 Å². The van der Waals surface area contributed by atoms with Gasteiger partial charge in [0.15, 0.2) is 12.1 Å². The zero-order chi connectivity index (χ0) is 41.4. The molecule has 0 bridgehead atoms. The normalized spacial score (nSPS) is 13.9. The summed E-state index contributed by atoms with van der Waals surface area (Å²) in [6, 6.07) is -0.634. The van der Waals surface area contributed by atoms with Gasteiger partial charge in [-0.25, -0.2) is 4.79 Å². The average Bonchev–Trinajstić information content (AvgIpc) is 3.15. The molecule has 2 atom stereocenters. The maximum atomic E-state index is 12.7. The fourth-order valence-electron chi connectivity index (χ4n) is 5.50. The molecule has 0 radical (unpaired) electrons. The van der Waals surface area contributed by atoms with E-state index in [2.05, 4.69) is 80.7 Å². The monoisotopic (exact) mass is 781 g/mol. The molecule has 0 saturated carbocycles. The van der Waals surface area contributed by atoms with Crippen LogP contribution in [0, 0.1) is 0 Å². The number of aliphatic carboxylic acids is 1. The summed E-state index contributed by atoms with van der Waals surface area (Å²) in [6.45, 7) is 4.45. The van der Waals surface area contributed by atoms with E-state index < -0.39 is 18.1 Å². The highest BCUT2D eigenvalue weighted by atomic mass is 16.6. The Bertz CT molecular complexity index is 1230. The molecule has 316 valence electrons. The molecule has 2 unspecified atom stereocenters. The van der Waals surface area contributed by atoms with Crippen molar-refractivity contribution in [3.05, 3.63) is 97.2 Å². The number of nitrogens with zero attached hydrogens (tertiary/aromatic N) is 1. The Morgan fingerprint density at radius 2 is 1.09 bits per heavy atom. The minimum Gasteiger partial charge on any atom is -0.477 e. The highest BCUT2D eigenvalue weighted by Gasteiger charge is 2.31. The van der Waals surface area contributed by atoms with Crippen molar-refractivity contribution >= 4 is 17.9 Å². The van der Waals surface area contributed by atoms with Gasteiger partial charge in [-0.2, -0.15) is 0 Å². The summed E-state index contributed by atoms with van der Waals surface area (Å²) in [4.78, 5) is 36.9. The van der Waals surface area contributed by atoms with Crippen LogP contribution in [0.3, 0.4) is 0 Å². The summed E-state index contributed by atoms with van der Waals surface area (Å²) in [6.07, 6.45) is 50.3.